The molecular weight excluding hydrogens is 329 g/mol. The molecule has 1 amide bonds. The van der Waals surface area contributed by atoms with Gasteiger partial charge in [0.15, 0.2) is 0 Å². The Morgan fingerprint density at radius 2 is 2.09 bits per heavy atom. The standard InChI is InChI=1S/C15H15F3N2O2S/c1-20-12-3-2-10(15(16,17)18)6-9(12)7-13(20)14(21)19-11-4-5-23(22)8-11/h2-3,6-7,11H,4-5,8H2,1H3,(H,19,21)/t11-,23-/m1/s1. The number of carbonyl (C=O) groups is 1. The SMILES string of the molecule is Cn1c(C(=O)N[C@@H]2CC[S@@](=O)C2)cc2cc(C(F)(F)F)ccc21. The first-order valence-corrected chi connectivity index (χ1v) is 8.57. The zero-order valence-electron chi connectivity index (χ0n) is 12.3. The molecule has 0 saturated carbocycles. The summed E-state index contributed by atoms with van der Waals surface area (Å²) in [5.41, 5.74) is 0.101. The van der Waals surface area contributed by atoms with E-state index in [0.717, 1.165) is 12.1 Å². The quantitative estimate of drug-likeness (QED) is 0.910. The molecule has 2 atom stereocenters. The number of nitrogens with zero attached hydrogens (tertiary/aromatic N) is 1. The van der Waals surface area contributed by atoms with Gasteiger partial charge in [0.25, 0.3) is 5.91 Å². The molecule has 1 aromatic heterocycles. The van der Waals surface area contributed by atoms with Gasteiger partial charge in [-0.1, -0.05) is 0 Å². The molecule has 0 radical (unpaired) electrons. The van der Waals surface area contributed by atoms with Crippen LogP contribution in [-0.2, 0) is 24.0 Å². The van der Waals surface area contributed by atoms with Gasteiger partial charge in [0, 0.05) is 46.3 Å². The first-order chi connectivity index (χ1) is 10.8. The number of rotatable bonds is 2. The van der Waals surface area contributed by atoms with Crippen LogP contribution in [0, 0.1) is 0 Å². The molecule has 1 aliphatic heterocycles. The lowest BCUT2D eigenvalue weighted by Gasteiger charge is -2.11. The molecule has 2 heterocycles. The number of benzene rings is 1. The first kappa shape index (κ1) is 16.0. The Morgan fingerprint density at radius 1 is 1.35 bits per heavy atom. The minimum atomic E-state index is -4.42. The monoisotopic (exact) mass is 344 g/mol. The fraction of sp³-hybridized carbons (Fsp3) is 0.400. The van der Waals surface area contributed by atoms with E-state index in [1.165, 1.54) is 12.1 Å². The van der Waals surface area contributed by atoms with Crippen molar-refractivity contribution in [3.05, 3.63) is 35.5 Å². The van der Waals surface area contributed by atoms with Crippen molar-refractivity contribution >= 4 is 27.6 Å². The predicted molar refractivity (Wildman–Crippen MR) is 81.7 cm³/mol. The lowest BCUT2D eigenvalue weighted by Crippen LogP contribution is -2.36. The molecule has 3 rings (SSSR count). The second kappa shape index (κ2) is 5.67. The van der Waals surface area contributed by atoms with Crippen LogP contribution in [0.25, 0.3) is 10.9 Å². The van der Waals surface area contributed by atoms with Gasteiger partial charge in [-0.25, -0.2) is 0 Å². The topological polar surface area (TPSA) is 51.1 Å². The molecule has 1 saturated heterocycles. The third-order valence-corrected chi connectivity index (χ3v) is 5.48. The maximum absolute atomic E-state index is 12.8. The lowest BCUT2D eigenvalue weighted by molar-refractivity contribution is -0.137. The second-order valence-electron chi connectivity index (χ2n) is 5.63. The number of aromatic nitrogens is 1. The molecule has 0 aliphatic carbocycles. The summed E-state index contributed by atoms with van der Waals surface area (Å²) >= 11 is 0. The maximum atomic E-state index is 12.8. The van der Waals surface area contributed by atoms with Gasteiger partial charge in [0.05, 0.1) is 5.56 Å². The molecule has 1 aliphatic rings. The zero-order chi connectivity index (χ0) is 16.8. The predicted octanol–water partition coefficient (Wildman–Crippen LogP) is 2.45. The molecule has 1 fully saturated rings. The van der Waals surface area contributed by atoms with E-state index in [-0.39, 0.29) is 17.6 Å². The number of aryl methyl sites for hydroxylation is 1. The number of hydrogen-bond donors (Lipinski definition) is 1. The largest absolute Gasteiger partial charge is 0.416 e. The average molecular weight is 344 g/mol. The van der Waals surface area contributed by atoms with Gasteiger partial charge in [-0.2, -0.15) is 13.2 Å². The number of alkyl halides is 3. The van der Waals surface area contributed by atoms with E-state index >= 15 is 0 Å². The molecular formula is C15H15F3N2O2S. The summed E-state index contributed by atoms with van der Waals surface area (Å²) in [6.07, 6.45) is -3.76. The molecule has 2 aromatic rings. The number of carbonyl (C=O) groups excluding carboxylic acids is 1. The molecule has 1 N–H and O–H groups in total. The third-order valence-electron chi connectivity index (χ3n) is 4.02. The fourth-order valence-electron chi connectivity index (χ4n) is 2.78. The smallest absolute Gasteiger partial charge is 0.347 e. The van der Waals surface area contributed by atoms with Crippen LogP contribution in [0.4, 0.5) is 13.2 Å². The Balaban J connectivity index is 1.90. The van der Waals surface area contributed by atoms with Gasteiger partial charge < -0.3 is 9.88 Å². The van der Waals surface area contributed by atoms with Gasteiger partial charge >= 0.3 is 6.18 Å². The Morgan fingerprint density at radius 3 is 2.70 bits per heavy atom. The molecule has 8 heteroatoms. The fourth-order valence-corrected chi connectivity index (χ4v) is 4.19. The summed E-state index contributed by atoms with van der Waals surface area (Å²) in [6.45, 7) is 0. The summed E-state index contributed by atoms with van der Waals surface area (Å²) in [5.74, 6) is 0.629. The Kier molecular flexibility index (Phi) is 3.95. The van der Waals surface area contributed by atoms with Crippen molar-refractivity contribution in [3.63, 3.8) is 0 Å². The molecule has 0 spiro atoms. The van der Waals surface area contributed by atoms with E-state index in [2.05, 4.69) is 5.32 Å². The van der Waals surface area contributed by atoms with Crippen LogP contribution in [0.1, 0.15) is 22.5 Å². The second-order valence-corrected chi connectivity index (χ2v) is 7.25. The van der Waals surface area contributed by atoms with Crippen molar-refractivity contribution < 1.29 is 22.2 Å². The van der Waals surface area contributed by atoms with Crippen molar-refractivity contribution in [2.75, 3.05) is 11.5 Å². The average Bonchev–Trinajstić information content (AvgIpc) is 3.01. The van der Waals surface area contributed by atoms with Gasteiger partial charge in [0.1, 0.15) is 5.69 Å². The van der Waals surface area contributed by atoms with Crippen LogP contribution < -0.4 is 5.32 Å². The van der Waals surface area contributed by atoms with Crippen LogP contribution >= 0.6 is 0 Å². The van der Waals surface area contributed by atoms with E-state index in [1.807, 2.05) is 0 Å². The van der Waals surface area contributed by atoms with E-state index in [0.29, 0.717) is 28.8 Å². The molecule has 23 heavy (non-hydrogen) atoms. The minimum Gasteiger partial charge on any atom is -0.347 e. The van der Waals surface area contributed by atoms with Crippen molar-refractivity contribution in [2.45, 2.75) is 18.6 Å². The maximum Gasteiger partial charge on any atom is 0.416 e. The van der Waals surface area contributed by atoms with E-state index < -0.39 is 22.5 Å². The lowest BCUT2D eigenvalue weighted by atomic mass is 10.1. The first-order valence-electron chi connectivity index (χ1n) is 7.08. The summed E-state index contributed by atoms with van der Waals surface area (Å²) in [6, 6.07) is 4.71. The van der Waals surface area contributed by atoms with Crippen LogP contribution in [0.5, 0.6) is 0 Å². The number of nitrogens with one attached hydrogen (secondary N) is 1. The molecule has 1 aromatic carbocycles. The van der Waals surface area contributed by atoms with Crippen LogP contribution in [-0.4, -0.2) is 32.2 Å². The van der Waals surface area contributed by atoms with Gasteiger partial charge in [-0.15, -0.1) is 0 Å². The number of fused-ring (bicyclic) bond motifs is 1. The summed E-state index contributed by atoms with van der Waals surface area (Å²) in [5, 5.41) is 3.16. The molecule has 124 valence electrons. The van der Waals surface area contributed by atoms with Crippen LogP contribution in [0.3, 0.4) is 0 Å². The Hall–Kier alpha value is -1.83. The van der Waals surface area contributed by atoms with Crippen molar-refractivity contribution in [3.8, 4) is 0 Å². The summed E-state index contributed by atoms with van der Waals surface area (Å²) in [4.78, 5) is 12.3. The summed E-state index contributed by atoms with van der Waals surface area (Å²) in [7, 11) is 0.731. The van der Waals surface area contributed by atoms with E-state index in [1.54, 1.807) is 11.6 Å². The van der Waals surface area contributed by atoms with Crippen LogP contribution in [0.15, 0.2) is 24.3 Å². The Bertz CT molecular complexity index is 798. The van der Waals surface area contributed by atoms with Gasteiger partial charge in [-0.05, 0) is 30.7 Å². The number of halogens is 3. The highest BCUT2D eigenvalue weighted by molar-refractivity contribution is 7.85. The van der Waals surface area contributed by atoms with E-state index in [4.69, 9.17) is 0 Å². The summed E-state index contributed by atoms with van der Waals surface area (Å²) < 4.78 is 51.2. The normalized spacial score (nSPS) is 21.7. The van der Waals surface area contributed by atoms with Gasteiger partial charge in [0.2, 0.25) is 0 Å². The van der Waals surface area contributed by atoms with Crippen molar-refractivity contribution in [1.82, 2.24) is 9.88 Å². The molecule has 4 nitrogen and oxygen atoms in total. The number of amides is 1. The molecule has 0 bridgehead atoms. The highest BCUT2D eigenvalue weighted by Gasteiger charge is 2.31. The minimum absolute atomic E-state index is 0.146. The number of hydrogen-bond acceptors (Lipinski definition) is 2. The Labute approximate surface area is 133 Å². The van der Waals surface area contributed by atoms with Gasteiger partial charge in [-0.3, -0.25) is 9.00 Å². The van der Waals surface area contributed by atoms with Crippen molar-refractivity contribution in [2.24, 2.45) is 7.05 Å². The third kappa shape index (κ3) is 3.12. The van der Waals surface area contributed by atoms with Crippen LogP contribution in [0.2, 0.25) is 0 Å². The highest BCUT2D eigenvalue weighted by atomic mass is 32.2. The van der Waals surface area contributed by atoms with Crippen molar-refractivity contribution in [1.29, 1.82) is 0 Å². The van der Waals surface area contributed by atoms with E-state index in [9.17, 15) is 22.2 Å². The molecule has 0 unspecified atom stereocenters. The zero-order valence-corrected chi connectivity index (χ0v) is 13.1. The highest BCUT2D eigenvalue weighted by Crippen LogP contribution is 2.32.